The van der Waals surface area contributed by atoms with Crippen molar-refractivity contribution >= 4 is 45.8 Å². The number of carbonyl (C=O) groups excluding carboxylic acids is 1. The standard InChI is InChI=1S/C16H13ClINO/c17-16(11-2-1-3-13(18)9-11)12-4-6-14-10(8-12)5-7-15(20)19-14/h1-4,6,8-9,16H,5,7H2,(H,19,20). The number of halogens is 2. The molecule has 0 aliphatic carbocycles. The average molecular weight is 398 g/mol. The van der Waals surface area contributed by atoms with Gasteiger partial charge in [-0.2, -0.15) is 0 Å². The van der Waals surface area contributed by atoms with Crippen LogP contribution in [0.4, 0.5) is 5.69 Å². The van der Waals surface area contributed by atoms with Crippen LogP contribution in [-0.4, -0.2) is 5.91 Å². The van der Waals surface area contributed by atoms with Crippen LogP contribution in [0.25, 0.3) is 0 Å². The molecule has 4 heteroatoms. The van der Waals surface area contributed by atoms with E-state index >= 15 is 0 Å². The predicted molar refractivity (Wildman–Crippen MR) is 90.2 cm³/mol. The van der Waals surface area contributed by atoms with Gasteiger partial charge >= 0.3 is 0 Å². The van der Waals surface area contributed by atoms with Crippen LogP contribution in [0, 0.1) is 3.57 Å². The van der Waals surface area contributed by atoms with Gasteiger partial charge in [-0.05, 0) is 63.9 Å². The van der Waals surface area contributed by atoms with E-state index in [1.165, 1.54) is 9.13 Å². The second-order valence-electron chi connectivity index (χ2n) is 4.88. The van der Waals surface area contributed by atoms with Gasteiger partial charge in [0.15, 0.2) is 0 Å². The first kappa shape index (κ1) is 13.9. The first-order valence-electron chi connectivity index (χ1n) is 6.46. The molecule has 2 nitrogen and oxygen atoms in total. The predicted octanol–water partition coefficient (Wildman–Crippen LogP) is 4.50. The van der Waals surface area contributed by atoms with Crippen molar-refractivity contribution in [2.75, 3.05) is 5.32 Å². The summed E-state index contributed by atoms with van der Waals surface area (Å²) in [4.78, 5) is 11.4. The third-order valence-electron chi connectivity index (χ3n) is 3.46. The molecule has 0 saturated carbocycles. The maximum absolute atomic E-state index is 11.4. The molecule has 0 spiro atoms. The molecule has 0 bridgehead atoms. The molecular formula is C16H13ClINO. The Kier molecular flexibility index (Phi) is 3.98. The average Bonchev–Trinajstić information content (AvgIpc) is 2.46. The SMILES string of the molecule is O=C1CCc2cc(C(Cl)c3cccc(I)c3)ccc2N1. The molecule has 1 heterocycles. The zero-order valence-electron chi connectivity index (χ0n) is 10.7. The zero-order valence-corrected chi connectivity index (χ0v) is 13.6. The molecule has 1 N–H and O–H groups in total. The molecular weight excluding hydrogens is 385 g/mol. The van der Waals surface area contributed by atoms with Gasteiger partial charge in [0, 0.05) is 15.7 Å². The molecule has 0 radical (unpaired) electrons. The van der Waals surface area contributed by atoms with Gasteiger partial charge in [0.1, 0.15) is 0 Å². The second kappa shape index (κ2) is 5.74. The van der Waals surface area contributed by atoms with E-state index in [4.69, 9.17) is 11.6 Å². The van der Waals surface area contributed by atoms with Gasteiger partial charge in [0.05, 0.1) is 5.38 Å². The number of rotatable bonds is 2. The fourth-order valence-electron chi connectivity index (χ4n) is 2.42. The lowest BCUT2D eigenvalue weighted by atomic mass is 9.97. The van der Waals surface area contributed by atoms with Gasteiger partial charge in [-0.3, -0.25) is 4.79 Å². The van der Waals surface area contributed by atoms with Crippen molar-refractivity contribution in [2.24, 2.45) is 0 Å². The lowest BCUT2D eigenvalue weighted by molar-refractivity contribution is -0.116. The van der Waals surface area contributed by atoms with Crippen LogP contribution in [0.2, 0.25) is 0 Å². The van der Waals surface area contributed by atoms with Gasteiger partial charge < -0.3 is 5.32 Å². The highest BCUT2D eigenvalue weighted by molar-refractivity contribution is 14.1. The van der Waals surface area contributed by atoms with E-state index in [0.29, 0.717) is 6.42 Å². The minimum atomic E-state index is -0.160. The fourth-order valence-corrected chi connectivity index (χ4v) is 3.26. The monoisotopic (exact) mass is 397 g/mol. The Balaban J connectivity index is 1.93. The van der Waals surface area contributed by atoms with Gasteiger partial charge in [0.2, 0.25) is 5.91 Å². The first-order valence-corrected chi connectivity index (χ1v) is 7.97. The molecule has 1 aliphatic heterocycles. The molecule has 2 aromatic rings. The molecule has 1 atom stereocenters. The van der Waals surface area contributed by atoms with Gasteiger partial charge in [-0.25, -0.2) is 0 Å². The summed E-state index contributed by atoms with van der Waals surface area (Å²) in [6, 6.07) is 14.3. The number of nitrogens with one attached hydrogen (secondary N) is 1. The number of hydrogen-bond donors (Lipinski definition) is 1. The summed E-state index contributed by atoms with van der Waals surface area (Å²) in [5.41, 5.74) is 4.25. The van der Waals surface area contributed by atoms with Gasteiger partial charge in [-0.15, -0.1) is 11.6 Å². The number of aryl methyl sites for hydroxylation is 1. The second-order valence-corrected chi connectivity index (χ2v) is 6.56. The number of fused-ring (bicyclic) bond motifs is 1. The van der Waals surface area contributed by atoms with Crippen molar-refractivity contribution in [3.05, 3.63) is 62.7 Å². The Labute approximate surface area is 136 Å². The number of alkyl halides is 1. The van der Waals surface area contributed by atoms with E-state index in [1.807, 2.05) is 24.3 Å². The quantitative estimate of drug-likeness (QED) is 0.586. The molecule has 2 aromatic carbocycles. The first-order chi connectivity index (χ1) is 9.63. The molecule has 0 aromatic heterocycles. The Hall–Kier alpha value is -1.07. The minimum Gasteiger partial charge on any atom is -0.326 e. The number of anilines is 1. The Morgan fingerprint density at radius 3 is 2.70 bits per heavy atom. The van der Waals surface area contributed by atoms with Crippen molar-refractivity contribution in [3.8, 4) is 0 Å². The fraction of sp³-hybridized carbons (Fsp3) is 0.188. The topological polar surface area (TPSA) is 29.1 Å². The van der Waals surface area contributed by atoms with Crippen molar-refractivity contribution in [2.45, 2.75) is 18.2 Å². The van der Waals surface area contributed by atoms with Crippen molar-refractivity contribution in [3.63, 3.8) is 0 Å². The highest BCUT2D eigenvalue weighted by atomic mass is 127. The largest absolute Gasteiger partial charge is 0.326 e. The number of amides is 1. The Bertz CT molecular complexity index is 671. The highest BCUT2D eigenvalue weighted by Crippen LogP contribution is 2.33. The molecule has 20 heavy (non-hydrogen) atoms. The van der Waals surface area contributed by atoms with Crippen molar-refractivity contribution < 1.29 is 4.79 Å². The Morgan fingerprint density at radius 1 is 1.10 bits per heavy atom. The van der Waals surface area contributed by atoms with E-state index < -0.39 is 0 Å². The summed E-state index contributed by atoms with van der Waals surface area (Å²) in [5.74, 6) is 0.0882. The maximum atomic E-state index is 11.4. The molecule has 1 unspecified atom stereocenters. The van der Waals surface area contributed by atoms with E-state index in [2.05, 4.69) is 46.1 Å². The highest BCUT2D eigenvalue weighted by Gasteiger charge is 2.17. The van der Waals surface area contributed by atoms with Crippen LogP contribution in [-0.2, 0) is 11.2 Å². The number of hydrogen-bond acceptors (Lipinski definition) is 1. The summed E-state index contributed by atoms with van der Waals surface area (Å²) in [6.07, 6.45) is 1.33. The lowest BCUT2D eigenvalue weighted by Gasteiger charge is -2.19. The van der Waals surface area contributed by atoms with Gasteiger partial charge in [-0.1, -0.05) is 24.3 Å². The molecule has 1 aliphatic rings. The van der Waals surface area contributed by atoms with E-state index in [-0.39, 0.29) is 11.3 Å². The summed E-state index contributed by atoms with van der Waals surface area (Å²) in [7, 11) is 0. The summed E-state index contributed by atoms with van der Waals surface area (Å²) < 4.78 is 1.18. The lowest BCUT2D eigenvalue weighted by Crippen LogP contribution is -2.19. The van der Waals surface area contributed by atoms with Crippen LogP contribution in [0.5, 0.6) is 0 Å². The summed E-state index contributed by atoms with van der Waals surface area (Å²) in [5, 5.41) is 2.73. The van der Waals surface area contributed by atoms with Gasteiger partial charge in [0.25, 0.3) is 0 Å². The van der Waals surface area contributed by atoms with Crippen LogP contribution in [0.1, 0.15) is 28.5 Å². The minimum absolute atomic E-state index is 0.0882. The van der Waals surface area contributed by atoms with Crippen LogP contribution in [0.3, 0.4) is 0 Å². The number of carbonyl (C=O) groups is 1. The number of benzene rings is 2. The molecule has 0 saturated heterocycles. The normalized spacial score (nSPS) is 15.4. The third-order valence-corrected chi connectivity index (χ3v) is 4.63. The zero-order chi connectivity index (χ0) is 14.1. The Morgan fingerprint density at radius 2 is 1.90 bits per heavy atom. The van der Waals surface area contributed by atoms with Crippen molar-refractivity contribution in [1.29, 1.82) is 0 Å². The van der Waals surface area contributed by atoms with E-state index in [0.717, 1.165) is 23.2 Å². The smallest absolute Gasteiger partial charge is 0.224 e. The van der Waals surface area contributed by atoms with E-state index in [1.54, 1.807) is 0 Å². The third kappa shape index (κ3) is 2.83. The van der Waals surface area contributed by atoms with Crippen molar-refractivity contribution in [1.82, 2.24) is 0 Å². The molecule has 3 rings (SSSR count). The summed E-state index contributed by atoms with van der Waals surface area (Å²) >= 11 is 8.87. The molecule has 1 amide bonds. The van der Waals surface area contributed by atoms with Crippen LogP contribution < -0.4 is 5.32 Å². The molecule has 0 fully saturated rings. The van der Waals surface area contributed by atoms with Crippen LogP contribution >= 0.6 is 34.2 Å². The molecule has 102 valence electrons. The maximum Gasteiger partial charge on any atom is 0.224 e. The van der Waals surface area contributed by atoms with Crippen LogP contribution in [0.15, 0.2) is 42.5 Å². The summed E-state index contributed by atoms with van der Waals surface area (Å²) in [6.45, 7) is 0. The van der Waals surface area contributed by atoms with E-state index in [9.17, 15) is 4.79 Å².